The first kappa shape index (κ1) is 14.7. The standard InChI is InChI=1S/C10H16BrN5O2/c1-2-18-7(17)4-3-5-13-9-8(11)10(16-12)15-6-14-9/h6H,2-5,12H2,1H3,(H2,13,14,15,16). The zero-order chi connectivity index (χ0) is 13.4. The Labute approximate surface area is 114 Å². The first-order chi connectivity index (χ1) is 8.69. The van der Waals surface area contributed by atoms with Crippen LogP contribution in [0.3, 0.4) is 0 Å². The number of carbonyl (C=O) groups is 1. The topological polar surface area (TPSA) is 102 Å². The summed E-state index contributed by atoms with van der Waals surface area (Å²) in [7, 11) is 0. The maximum absolute atomic E-state index is 11.1. The quantitative estimate of drug-likeness (QED) is 0.301. The Bertz CT molecular complexity index is 402. The molecule has 0 atom stereocenters. The normalized spacial score (nSPS) is 9.94. The molecule has 0 bridgehead atoms. The molecule has 0 aliphatic heterocycles. The second-order valence-electron chi connectivity index (χ2n) is 3.36. The fourth-order valence-electron chi connectivity index (χ4n) is 1.27. The van der Waals surface area contributed by atoms with Crippen molar-refractivity contribution in [2.24, 2.45) is 5.84 Å². The van der Waals surface area contributed by atoms with Gasteiger partial charge in [-0.1, -0.05) is 0 Å². The number of aromatic nitrogens is 2. The van der Waals surface area contributed by atoms with Gasteiger partial charge in [-0.05, 0) is 29.3 Å². The molecule has 0 aliphatic carbocycles. The van der Waals surface area contributed by atoms with Crippen LogP contribution in [0.15, 0.2) is 10.8 Å². The number of carbonyl (C=O) groups excluding carboxylic acids is 1. The smallest absolute Gasteiger partial charge is 0.305 e. The highest BCUT2D eigenvalue weighted by Crippen LogP contribution is 2.25. The predicted molar refractivity (Wildman–Crippen MR) is 71.9 cm³/mol. The molecule has 1 aromatic rings. The zero-order valence-corrected chi connectivity index (χ0v) is 11.7. The number of nitrogen functional groups attached to an aromatic ring is 1. The summed E-state index contributed by atoms with van der Waals surface area (Å²) in [5.74, 6) is 6.22. The van der Waals surface area contributed by atoms with E-state index in [1.165, 1.54) is 6.33 Å². The summed E-state index contributed by atoms with van der Waals surface area (Å²) in [6, 6.07) is 0. The average molecular weight is 318 g/mol. The van der Waals surface area contributed by atoms with E-state index in [0.717, 1.165) is 0 Å². The van der Waals surface area contributed by atoms with E-state index in [-0.39, 0.29) is 5.97 Å². The largest absolute Gasteiger partial charge is 0.466 e. The van der Waals surface area contributed by atoms with Crippen LogP contribution in [0, 0.1) is 0 Å². The molecule has 0 saturated carbocycles. The maximum Gasteiger partial charge on any atom is 0.305 e. The third kappa shape index (κ3) is 4.46. The lowest BCUT2D eigenvalue weighted by Gasteiger charge is -2.09. The maximum atomic E-state index is 11.1. The van der Waals surface area contributed by atoms with Crippen LogP contribution < -0.4 is 16.6 Å². The number of nitrogens with two attached hydrogens (primary N) is 1. The van der Waals surface area contributed by atoms with Gasteiger partial charge in [0.15, 0.2) is 5.82 Å². The van der Waals surface area contributed by atoms with Crippen molar-refractivity contribution in [1.82, 2.24) is 9.97 Å². The summed E-state index contributed by atoms with van der Waals surface area (Å²) in [6.45, 7) is 2.81. The van der Waals surface area contributed by atoms with Crippen molar-refractivity contribution < 1.29 is 9.53 Å². The van der Waals surface area contributed by atoms with Crippen LogP contribution in [-0.2, 0) is 9.53 Å². The number of ether oxygens (including phenoxy) is 1. The van der Waals surface area contributed by atoms with Crippen LogP contribution in [0.2, 0.25) is 0 Å². The molecule has 0 amide bonds. The lowest BCUT2D eigenvalue weighted by molar-refractivity contribution is -0.143. The van der Waals surface area contributed by atoms with Crippen LogP contribution >= 0.6 is 15.9 Å². The lowest BCUT2D eigenvalue weighted by Crippen LogP contribution is -2.12. The fourth-order valence-corrected chi connectivity index (χ4v) is 1.73. The van der Waals surface area contributed by atoms with E-state index in [1.807, 2.05) is 0 Å². The molecule has 7 nitrogen and oxygen atoms in total. The van der Waals surface area contributed by atoms with Crippen molar-refractivity contribution in [2.75, 3.05) is 23.9 Å². The molecule has 1 aromatic heterocycles. The van der Waals surface area contributed by atoms with Gasteiger partial charge in [0.25, 0.3) is 0 Å². The van der Waals surface area contributed by atoms with Crippen LogP contribution in [0.1, 0.15) is 19.8 Å². The highest BCUT2D eigenvalue weighted by molar-refractivity contribution is 9.10. The van der Waals surface area contributed by atoms with E-state index < -0.39 is 0 Å². The minimum Gasteiger partial charge on any atom is -0.466 e. The Morgan fingerprint density at radius 1 is 1.50 bits per heavy atom. The van der Waals surface area contributed by atoms with Crippen molar-refractivity contribution in [2.45, 2.75) is 19.8 Å². The summed E-state index contributed by atoms with van der Waals surface area (Å²) >= 11 is 3.33. The van der Waals surface area contributed by atoms with Gasteiger partial charge in [-0.2, -0.15) is 0 Å². The third-order valence-corrected chi connectivity index (χ3v) is 2.83. The van der Waals surface area contributed by atoms with Crippen molar-refractivity contribution in [1.29, 1.82) is 0 Å². The number of hydrogen-bond acceptors (Lipinski definition) is 7. The molecule has 100 valence electrons. The van der Waals surface area contributed by atoms with Gasteiger partial charge in [-0.25, -0.2) is 15.8 Å². The SMILES string of the molecule is CCOC(=O)CCCNc1ncnc(NN)c1Br. The molecule has 18 heavy (non-hydrogen) atoms. The number of hydrogen-bond donors (Lipinski definition) is 3. The number of hydrazine groups is 1. The highest BCUT2D eigenvalue weighted by Gasteiger charge is 2.07. The minimum absolute atomic E-state index is 0.189. The van der Waals surface area contributed by atoms with Gasteiger partial charge in [-0.3, -0.25) is 4.79 Å². The third-order valence-electron chi connectivity index (χ3n) is 2.08. The molecule has 0 unspecified atom stereocenters. The Balaban J connectivity index is 2.38. The van der Waals surface area contributed by atoms with Gasteiger partial charge < -0.3 is 15.5 Å². The number of esters is 1. The fraction of sp³-hybridized carbons (Fsp3) is 0.500. The second-order valence-corrected chi connectivity index (χ2v) is 4.16. The highest BCUT2D eigenvalue weighted by atomic mass is 79.9. The lowest BCUT2D eigenvalue weighted by atomic mass is 10.3. The molecule has 8 heteroatoms. The van der Waals surface area contributed by atoms with E-state index in [1.54, 1.807) is 6.92 Å². The number of halogens is 1. The molecule has 0 aromatic carbocycles. The molecule has 1 heterocycles. The Morgan fingerprint density at radius 3 is 2.89 bits per heavy atom. The van der Waals surface area contributed by atoms with Gasteiger partial charge in [0.1, 0.15) is 16.6 Å². The molecular formula is C10H16BrN5O2. The monoisotopic (exact) mass is 317 g/mol. The van der Waals surface area contributed by atoms with E-state index in [2.05, 4.69) is 36.6 Å². The zero-order valence-electron chi connectivity index (χ0n) is 10.1. The number of anilines is 2. The van der Waals surface area contributed by atoms with Crippen molar-refractivity contribution in [3.05, 3.63) is 10.8 Å². The Kier molecular flexibility index (Phi) is 6.37. The molecular weight excluding hydrogens is 302 g/mol. The van der Waals surface area contributed by atoms with Crippen LogP contribution in [0.4, 0.5) is 11.6 Å². The van der Waals surface area contributed by atoms with E-state index in [4.69, 9.17) is 10.6 Å². The molecule has 0 spiro atoms. The van der Waals surface area contributed by atoms with Gasteiger partial charge >= 0.3 is 5.97 Å². The minimum atomic E-state index is -0.189. The van der Waals surface area contributed by atoms with Gasteiger partial charge in [0, 0.05) is 13.0 Å². The molecule has 1 rings (SSSR count). The van der Waals surface area contributed by atoms with Crippen molar-refractivity contribution in [3.8, 4) is 0 Å². The van der Waals surface area contributed by atoms with E-state index in [0.29, 0.717) is 42.1 Å². The van der Waals surface area contributed by atoms with Crippen molar-refractivity contribution in [3.63, 3.8) is 0 Å². The molecule has 0 saturated heterocycles. The summed E-state index contributed by atoms with van der Waals surface area (Å²) in [6.07, 6.45) is 2.44. The second kappa shape index (κ2) is 7.83. The van der Waals surface area contributed by atoms with Gasteiger partial charge in [-0.15, -0.1) is 0 Å². The first-order valence-electron chi connectivity index (χ1n) is 5.55. The summed E-state index contributed by atoms with van der Waals surface area (Å²) < 4.78 is 5.48. The van der Waals surface area contributed by atoms with Gasteiger partial charge in [0.2, 0.25) is 0 Å². The molecule has 0 fully saturated rings. The summed E-state index contributed by atoms with van der Waals surface area (Å²) in [5, 5.41) is 3.08. The Morgan fingerprint density at radius 2 is 2.22 bits per heavy atom. The van der Waals surface area contributed by atoms with E-state index in [9.17, 15) is 4.79 Å². The molecule has 0 aliphatic rings. The number of rotatable bonds is 7. The predicted octanol–water partition coefficient (Wildman–Crippen LogP) is 1.28. The first-order valence-corrected chi connectivity index (χ1v) is 6.35. The molecule has 4 N–H and O–H groups in total. The number of nitrogens with one attached hydrogen (secondary N) is 2. The number of nitrogens with zero attached hydrogens (tertiary/aromatic N) is 2. The van der Waals surface area contributed by atoms with Crippen LogP contribution in [0.25, 0.3) is 0 Å². The van der Waals surface area contributed by atoms with E-state index >= 15 is 0 Å². The molecule has 0 radical (unpaired) electrons. The van der Waals surface area contributed by atoms with Crippen molar-refractivity contribution >= 4 is 33.5 Å². The van der Waals surface area contributed by atoms with Crippen LogP contribution in [-0.4, -0.2) is 29.1 Å². The summed E-state index contributed by atoms with van der Waals surface area (Å²) in [5.41, 5.74) is 2.45. The average Bonchev–Trinajstić information content (AvgIpc) is 2.36. The Hall–Kier alpha value is -1.41. The van der Waals surface area contributed by atoms with Crippen LogP contribution in [0.5, 0.6) is 0 Å². The van der Waals surface area contributed by atoms with Gasteiger partial charge in [0.05, 0.1) is 6.61 Å². The summed E-state index contributed by atoms with van der Waals surface area (Å²) in [4.78, 5) is 19.1.